The number of benzene rings is 5. The lowest BCUT2D eigenvalue weighted by molar-refractivity contribution is -0.137. The van der Waals surface area contributed by atoms with E-state index in [9.17, 15) is 10.2 Å². The van der Waals surface area contributed by atoms with Gasteiger partial charge in [0.25, 0.3) is 0 Å². The molecule has 0 bridgehead atoms. The lowest BCUT2D eigenvalue weighted by Gasteiger charge is -2.40. The predicted octanol–water partition coefficient (Wildman–Crippen LogP) is 7.10. The normalized spacial score (nSPS) is 21.3. The van der Waals surface area contributed by atoms with Crippen LogP contribution in [0.25, 0.3) is 0 Å². The van der Waals surface area contributed by atoms with E-state index >= 15 is 0 Å². The minimum Gasteiger partial charge on any atom is -0.497 e. The maximum atomic E-state index is 13.3. The molecule has 8 nitrogen and oxygen atoms in total. The molecule has 0 aliphatic heterocycles. The third kappa shape index (κ3) is 5.32. The first-order valence-corrected chi connectivity index (χ1v) is 16.0. The zero-order valence-electron chi connectivity index (χ0n) is 28.8. The minimum atomic E-state index is -1.95. The molecule has 2 aliphatic carbocycles. The van der Waals surface area contributed by atoms with Crippen LogP contribution in [0, 0.1) is 6.92 Å². The van der Waals surface area contributed by atoms with Gasteiger partial charge in [-0.3, -0.25) is 0 Å². The SMILES string of the molecule is COc1ccc([C@@H]2c3c(OC)cc(OC)cc3[C@]3(O)[C@H]2c2cc(OC)cc(OC)c2[C@]3(O)c2ccc(OC)cc2)cc1.Cc1ccccc1. The summed E-state index contributed by atoms with van der Waals surface area (Å²) in [6.07, 6.45) is 0. The molecule has 0 radical (unpaired) electrons. The first-order valence-electron chi connectivity index (χ1n) is 16.0. The Morgan fingerprint density at radius 2 is 1.08 bits per heavy atom. The summed E-state index contributed by atoms with van der Waals surface area (Å²) < 4.78 is 34.0. The maximum Gasteiger partial charge on any atom is 0.152 e. The highest BCUT2D eigenvalue weighted by atomic mass is 16.5. The third-order valence-electron chi connectivity index (χ3n) is 9.81. The van der Waals surface area contributed by atoms with Crippen molar-refractivity contribution in [3.63, 3.8) is 0 Å². The molecule has 0 heterocycles. The van der Waals surface area contributed by atoms with Crippen LogP contribution < -0.4 is 28.4 Å². The fourth-order valence-corrected chi connectivity index (χ4v) is 7.54. The van der Waals surface area contributed by atoms with Crippen molar-refractivity contribution in [3.8, 4) is 34.5 Å². The summed E-state index contributed by atoms with van der Waals surface area (Å²) in [5.74, 6) is 2.20. The molecule has 2 N–H and O–H groups in total. The molecule has 0 saturated carbocycles. The van der Waals surface area contributed by atoms with Gasteiger partial charge in [-0.15, -0.1) is 0 Å². The van der Waals surface area contributed by atoms with Gasteiger partial charge in [0, 0.05) is 35.1 Å². The standard InChI is InChI=1S/C34H34O8.C7H8/c1-37-21-11-7-19(8-12-21)29-30-26(16-24(40-4)17-27(30)41-5)34(36)32(29)25-15-23(39-3)18-28(42-6)31(25)33(34,35)20-9-13-22(38-2)14-10-20;1-7-5-3-2-4-6-7/h7-18,29,32,35-36H,1-6H3;2-6H,1H3/t29-,32+,33-,34+;/m1./s1. The molecule has 0 fully saturated rings. The number of aliphatic hydroxyl groups is 2. The molecule has 8 heteroatoms. The zero-order chi connectivity index (χ0) is 34.9. The van der Waals surface area contributed by atoms with Gasteiger partial charge in [0.15, 0.2) is 5.60 Å². The van der Waals surface area contributed by atoms with Crippen LogP contribution in [-0.2, 0) is 11.2 Å². The van der Waals surface area contributed by atoms with E-state index in [-0.39, 0.29) is 0 Å². The molecule has 7 rings (SSSR count). The van der Waals surface area contributed by atoms with Crippen molar-refractivity contribution in [3.05, 3.63) is 142 Å². The van der Waals surface area contributed by atoms with Crippen molar-refractivity contribution in [2.45, 2.75) is 30.0 Å². The minimum absolute atomic E-state index is 0.399. The van der Waals surface area contributed by atoms with Crippen molar-refractivity contribution in [2.24, 2.45) is 0 Å². The molecular formula is C41H42O8. The lowest BCUT2D eigenvalue weighted by Crippen LogP contribution is -2.48. The number of hydrogen-bond acceptors (Lipinski definition) is 8. The smallest absolute Gasteiger partial charge is 0.152 e. The van der Waals surface area contributed by atoms with Gasteiger partial charge in [-0.2, -0.15) is 0 Å². The van der Waals surface area contributed by atoms with Gasteiger partial charge in [-0.1, -0.05) is 60.2 Å². The Morgan fingerprint density at radius 1 is 0.551 bits per heavy atom. The van der Waals surface area contributed by atoms with Crippen LogP contribution in [0.4, 0.5) is 0 Å². The Labute approximate surface area is 287 Å². The first-order chi connectivity index (χ1) is 23.7. The van der Waals surface area contributed by atoms with Crippen LogP contribution in [0.1, 0.15) is 50.8 Å². The van der Waals surface area contributed by atoms with E-state index in [1.165, 1.54) is 5.56 Å². The Morgan fingerprint density at radius 3 is 1.59 bits per heavy atom. The molecule has 2 aliphatic rings. The Bertz CT molecular complexity index is 1920. The van der Waals surface area contributed by atoms with Crippen LogP contribution in [0.15, 0.2) is 103 Å². The van der Waals surface area contributed by atoms with Crippen LogP contribution in [-0.4, -0.2) is 52.9 Å². The number of aryl methyl sites for hydroxylation is 1. The van der Waals surface area contributed by atoms with Gasteiger partial charge in [-0.05, 0) is 65.6 Å². The van der Waals surface area contributed by atoms with E-state index in [2.05, 4.69) is 19.1 Å². The second-order valence-electron chi connectivity index (χ2n) is 12.2. The fraction of sp³-hybridized carbons (Fsp3) is 0.268. The van der Waals surface area contributed by atoms with Crippen molar-refractivity contribution in [1.29, 1.82) is 0 Å². The topological polar surface area (TPSA) is 95.8 Å². The predicted molar refractivity (Wildman–Crippen MR) is 188 cm³/mol. The van der Waals surface area contributed by atoms with Gasteiger partial charge in [-0.25, -0.2) is 0 Å². The number of fused-ring (bicyclic) bond motifs is 5. The molecule has 4 atom stereocenters. The molecule has 0 amide bonds. The number of ether oxygens (including phenoxy) is 6. The average molecular weight is 663 g/mol. The lowest BCUT2D eigenvalue weighted by atomic mass is 9.72. The summed E-state index contributed by atoms with van der Waals surface area (Å²) >= 11 is 0. The molecule has 0 spiro atoms. The fourth-order valence-electron chi connectivity index (χ4n) is 7.54. The molecule has 0 unspecified atom stereocenters. The van der Waals surface area contributed by atoms with Gasteiger partial charge in [0.1, 0.15) is 40.1 Å². The summed E-state index contributed by atoms with van der Waals surface area (Å²) in [4.78, 5) is 0. The average Bonchev–Trinajstić information content (AvgIpc) is 3.54. The second kappa shape index (κ2) is 13.4. The van der Waals surface area contributed by atoms with Crippen LogP contribution >= 0.6 is 0 Å². The molecule has 49 heavy (non-hydrogen) atoms. The van der Waals surface area contributed by atoms with Crippen LogP contribution in [0.5, 0.6) is 34.5 Å². The highest BCUT2D eigenvalue weighted by Crippen LogP contribution is 2.72. The van der Waals surface area contributed by atoms with Crippen molar-refractivity contribution in [2.75, 3.05) is 42.7 Å². The third-order valence-corrected chi connectivity index (χ3v) is 9.81. The van der Waals surface area contributed by atoms with Gasteiger partial charge in [0.05, 0.1) is 42.7 Å². The highest BCUT2D eigenvalue weighted by Gasteiger charge is 2.71. The molecule has 0 saturated heterocycles. The monoisotopic (exact) mass is 662 g/mol. The summed E-state index contributed by atoms with van der Waals surface area (Å²) in [7, 11) is 9.48. The van der Waals surface area contributed by atoms with Crippen molar-refractivity contribution >= 4 is 0 Å². The summed E-state index contributed by atoms with van der Waals surface area (Å²) in [6, 6.07) is 32.3. The second-order valence-corrected chi connectivity index (χ2v) is 12.2. The van der Waals surface area contributed by atoms with E-state index in [0.717, 1.165) is 11.1 Å². The van der Waals surface area contributed by atoms with E-state index < -0.39 is 23.0 Å². The van der Waals surface area contributed by atoms with E-state index in [4.69, 9.17) is 28.4 Å². The number of rotatable bonds is 8. The quantitative estimate of drug-likeness (QED) is 0.182. The Kier molecular flexibility index (Phi) is 9.20. The number of methoxy groups -OCH3 is 6. The Balaban J connectivity index is 0.000000531. The van der Waals surface area contributed by atoms with Crippen molar-refractivity contribution in [1.82, 2.24) is 0 Å². The van der Waals surface area contributed by atoms with Crippen LogP contribution in [0.3, 0.4) is 0 Å². The number of hydrogen-bond donors (Lipinski definition) is 2. The van der Waals surface area contributed by atoms with E-state index in [1.54, 1.807) is 85.1 Å². The van der Waals surface area contributed by atoms with Gasteiger partial charge in [0.2, 0.25) is 0 Å². The Hall–Kier alpha value is -5.18. The molecular weight excluding hydrogens is 620 g/mol. The van der Waals surface area contributed by atoms with Gasteiger partial charge >= 0.3 is 0 Å². The van der Waals surface area contributed by atoms with E-state index in [1.807, 2.05) is 48.5 Å². The van der Waals surface area contributed by atoms with Gasteiger partial charge < -0.3 is 38.6 Å². The highest BCUT2D eigenvalue weighted by molar-refractivity contribution is 5.71. The molecule has 0 aromatic heterocycles. The molecule has 5 aromatic carbocycles. The first kappa shape index (κ1) is 33.7. The molecule has 5 aromatic rings. The maximum absolute atomic E-state index is 13.3. The summed E-state index contributed by atoms with van der Waals surface area (Å²) in [6.45, 7) is 2.08. The largest absolute Gasteiger partial charge is 0.497 e. The molecule has 254 valence electrons. The van der Waals surface area contributed by atoms with Crippen LogP contribution in [0.2, 0.25) is 0 Å². The van der Waals surface area contributed by atoms with Crippen molar-refractivity contribution < 1.29 is 38.6 Å². The summed E-state index contributed by atoms with van der Waals surface area (Å²) in [5.41, 5.74) is 1.29. The zero-order valence-corrected chi connectivity index (χ0v) is 28.8. The van der Waals surface area contributed by atoms with E-state index in [0.29, 0.717) is 56.8 Å². The summed E-state index contributed by atoms with van der Waals surface area (Å²) in [5, 5.41) is 26.5.